The molecule has 0 aliphatic heterocycles. The Morgan fingerprint density at radius 2 is 1.12 bits per heavy atom. The zero-order chi connectivity index (χ0) is 26.8. The molecule has 0 saturated heterocycles. The van der Waals surface area contributed by atoms with E-state index in [9.17, 15) is 0 Å². The summed E-state index contributed by atoms with van der Waals surface area (Å²) in [6.45, 7) is 4.63. The van der Waals surface area contributed by atoms with Crippen molar-refractivity contribution in [2.24, 2.45) is 0 Å². The minimum absolute atomic E-state index is 0.120. The standard InChI is InChI=1S/C38H27NO/c1-38(2)32-18-17-26(19-29(32)30-22-31-28-15-9-10-16-36(28)40-37(31)23-33(30)38)35-21-27(24-11-5-3-6-12-24)20-34(39-35)25-13-7-4-8-14-25/h3-23H,1-2H3. The van der Waals surface area contributed by atoms with Gasteiger partial charge in [0.15, 0.2) is 0 Å². The zero-order valence-corrected chi connectivity index (χ0v) is 22.5. The first-order valence-electron chi connectivity index (χ1n) is 13.8. The Balaban J connectivity index is 1.34. The molecule has 0 radical (unpaired) electrons. The van der Waals surface area contributed by atoms with Crippen molar-refractivity contribution in [3.8, 4) is 44.8 Å². The van der Waals surface area contributed by atoms with Crippen LogP contribution >= 0.6 is 0 Å². The molecule has 1 aliphatic rings. The van der Waals surface area contributed by atoms with E-state index in [1.54, 1.807) is 0 Å². The second-order valence-electron chi connectivity index (χ2n) is 11.2. The first kappa shape index (κ1) is 23.0. The van der Waals surface area contributed by atoms with E-state index in [1.807, 2.05) is 18.2 Å². The lowest BCUT2D eigenvalue weighted by molar-refractivity contribution is 0.647. The van der Waals surface area contributed by atoms with Gasteiger partial charge in [-0.1, -0.05) is 105 Å². The zero-order valence-electron chi connectivity index (χ0n) is 22.5. The summed E-state index contributed by atoms with van der Waals surface area (Å²) in [6.07, 6.45) is 0. The molecule has 7 aromatic rings. The number of pyridine rings is 1. The van der Waals surface area contributed by atoms with E-state index in [0.29, 0.717) is 0 Å². The van der Waals surface area contributed by atoms with Crippen molar-refractivity contribution in [1.29, 1.82) is 0 Å². The largest absolute Gasteiger partial charge is 0.456 e. The van der Waals surface area contributed by atoms with Gasteiger partial charge in [-0.25, -0.2) is 4.98 Å². The number of para-hydroxylation sites is 1. The predicted octanol–water partition coefficient (Wildman–Crippen LogP) is 10.3. The Bertz CT molecular complexity index is 2010. The van der Waals surface area contributed by atoms with Gasteiger partial charge in [0.1, 0.15) is 11.2 Å². The lowest BCUT2D eigenvalue weighted by Gasteiger charge is -2.21. The van der Waals surface area contributed by atoms with E-state index in [0.717, 1.165) is 44.6 Å². The Labute approximate surface area is 233 Å². The Kier molecular flexibility index (Phi) is 4.90. The van der Waals surface area contributed by atoms with E-state index in [4.69, 9.17) is 9.40 Å². The van der Waals surface area contributed by atoms with Crippen LogP contribution in [0.5, 0.6) is 0 Å². The van der Waals surface area contributed by atoms with Crippen molar-refractivity contribution >= 4 is 21.9 Å². The number of benzene rings is 5. The summed E-state index contributed by atoms with van der Waals surface area (Å²) < 4.78 is 6.26. The summed E-state index contributed by atoms with van der Waals surface area (Å²) in [5, 5.41) is 2.33. The molecule has 190 valence electrons. The Morgan fingerprint density at radius 1 is 0.475 bits per heavy atom. The molecule has 0 N–H and O–H groups in total. The van der Waals surface area contributed by atoms with Crippen LogP contribution in [0.2, 0.25) is 0 Å². The van der Waals surface area contributed by atoms with Crippen LogP contribution < -0.4 is 0 Å². The molecule has 0 amide bonds. The molecule has 2 heterocycles. The molecule has 0 saturated carbocycles. The average Bonchev–Trinajstić information content (AvgIpc) is 3.48. The summed E-state index contributed by atoms with van der Waals surface area (Å²) >= 11 is 0. The first-order chi connectivity index (χ1) is 19.6. The predicted molar refractivity (Wildman–Crippen MR) is 165 cm³/mol. The van der Waals surface area contributed by atoms with Crippen LogP contribution in [-0.4, -0.2) is 4.98 Å². The Morgan fingerprint density at radius 3 is 1.90 bits per heavy atom. The average molecular weight is 514 g/mol. The first-order valence-corrected chi connectivity index (χ1v) is 13.8. The maximum absolute atomic E-state index is 6.26. The van der Waals surface area contributed by atoms with Gasteiger partial charge >= 0.3 is 0 Å². The number of nitrogens with zero attached hydrogens (tertiary/aromatic N) is 1. The fourth-order valence-electron chi connectivity index (χ4n) is 6.36. The second-order valence-corrected chi connectivity index (χ2v) is 11.2. The lowest BCUT2D eigenvalue weighted by atomic mass is 9.82. The van der Waals surface area contributed by atoms with Gasteiger partial charge in [-0.3, -0.25) is 0 Å². The molecule has 0 bridgehead atoms. The molecule has 0 fully saturated rings. The topological polar surface area (TPSA) is 26.0 Å². The van der Waals surface area contributed by atoms with Gasteiger partial charge in [-0.2, -0.15) is 0 Å². The monoisotopic (exact) mass is 513 g/mol. The van der Waals surface area contributed by atoms with Crippen LogP contribution in [-0.2, 0) is 5.41 Å². The molecule has 2 nitrogen and oxygen atoms in total. The van der Waals surface area contributed by atoms with E-state index in [2.05, 4.69) is 123 Å². The molecular weight excluding hydrogens is 486 g/mol. The highest BCUT2D eigenvalue weighted by molar-refractivity contribution is 6.07. The minimum atomic E-state index is -0.120. The third-order valence-corrected chi connectivity index (χ3v) is 8.47. The van der Waals surface area contributed by atoms with Crippen molar-refractivity contribution in [1.82, 2.24) is 4.98 Å². The highest BCUT2D eigenvalue weighted by atomic mass is 16.3. The van der Waals surface area contributed by atoms with Gasteiger partial charge < -0.3 is 4.42 Å². The van der Waals surface area contributed by atoms with Crippen LogP contribution in [0, 0.1) is 0 Å². The normalized spacial score (nSPS) is 13.4. The van der Waals surface area contributed by atoms with E-state index in [1.165, 1.54) is 33.2 Å². The van der Waals surface area contributed by atoms with E-state index in [-0.39, 0.29) is 5.41 Å². The number of rotatable bonds is 3. The number of furan rings is 1. The van der Waals surface area contributed by atoms with E-state index >= 15 is 0 Å². The summed E-state index contributed by atoms with van der Waals surface area (Å²) in [7, 11) is 0. The van der Waals surface area contributed by atoms with Crippen molar-refractivity contribution in [2.75, 3.05) is 0 Å². The van der Waals surface area contributed by atoms with Crippen molar-refractivity contribution in [2.45, 2.75) is 19.3 Å². The highest BCUT2D eigenvalue weighted by Crippen LogP contribution is 2.51. The maximum Gasteiger partial charge on any atom is 0.135 e. The van der Waals surface area contributed by atoms with Crippen LogP contribution in [0.1, 0.15) is 25.0 Å². The lowest BCUT2D eigenvalue weighted by Crippen LogP contribution is -2.14. The molecule has 8 rings (SSSR count). The van der Waals surface area contributed by atoms with Gasteiger partial charge in [0.2, 0.25) is 0 Å². The van der Waals surface area contributed by atoms with Gasteiger partial charge in [0.25, 0.3) is 0 Å². The van der Waals surface area contributed by atoms with Crippen molar-refractivity contribution in [3.63, 3.8) is 0 Å². The highest BCUT2D eigenvalue weighted by Gasteiger charge is 2.36. The molecule has 0 unspecified atom stereocenters. The Hall–Kier alpha value is -4.95. The molecule has 2 aromatic heterocycles. The summed E-state index contributed by atoms with van der Waals surface area (Å²) in [6, 6.07) is 45.2. The summed E-state index contributed by atoms with van der Waals surface area (Å²) in [4.78, 5) is 5.18. The third-order valence-electron chi connectivity index (χ3n) is 8.47. The molecule has 5 aromatic carbocycles. The summed E-state index contributed by atoms with van der Waals surface area (Å²) in [5.74, 6) is 0. The smallest absolute Gasteiger partial charge is 0.135 e. The van der Waals surface area contributed by atoms with Crippen LogP contribution in [0.25, 0.3) is 66.7 Å². The summed E-state index contributed by atoms with van der Waals surface area (Å²) in [5.41, 5.74) is 13.5. The van der Waals surface area contributed by atoms with Crippen molar-refractivity contribution in [3.05, 3.63) is 139 Å². The molecule has 2 heteroatoms. The fourth-order valence-corrected chi connectivity index (χ4v) is 6.36. The number of hydrogen-bond donors (Lipinski definition) is 0. The molecule has 0 spiro atoms. The number of fused-ring (bicyclic) bond motifs is 6. The number of hydrogen-bond acceptors (Lipinski definition) is 2. The van der Waals surface area contributed by atoms with Gasteiger partial charge in [-0.15, -0.1) is 0 Å². The quantitative estimate of drug-likeness (QED) is 0.235. The fraction of sp³-hybridized carbons (Fsp3) is 0.0789. The van der Waals surface area contributed by atoms with Crippen molar-refractivity contribution < 1.29 is 4.42 Å². The maximum atomic E-state index is 6.26. The van der Waals surface area contributed by atoms with E-state index < -0.39 is 0 Å². The van der Waals surface area contributed by atoms with Crippen LogP contribution in [0.15, 0.2) is 132 Å². The SMILES string of the molecule is CC1(C)c2ccc(-c3cc(-c4ccccc4)cc(-c4ccccc4)n3)cc2-c2cc3c(cc21)oc1ccccc13. The van der Waals surface area contributed by atoms with Gasteiger partial charge in [0.05, 0.1) is 11.4 Å². The van der Waals surface area contributed by atoms with Gasteiger partial charge in [-0.05, 0) is 69.8 Å². The second kappa shape index (κ2) is 8.53. The van der Waals surface area contributed by atoms with Gasteiger partial charge in [0, 0.05) is 27.3 Å². The third kappa shape index (κ3) is 3.46. The minimum Gasteiger partial charge on any atom is -0.456 e. The molecule has 40 heavy (non-hydrogen) atoms. The van der Waals surface area contributed by atoms with Crippen LogP contribution in [0.4, 0.5) is 0 Å². The van der Waals surface area contributed by atoms with Crippen LogP contribution in [0.3, 0.4) is 0 Å². The molecule has 1 aliphatic carbocycles. The molecule has 0 atom stereocenters. The molecular formula is C38H27NO. The number of aromatic nitrogens is 1.